The van der Waals surface area contributed by atoms with Gasteiger partial charge in [0.1, 0.15) is 23.3 Å². The summed E-state index contributed by atoms with van der Waals surface area (Å²) in [6.45, 7) is 7.40. The lowest BCUT2D eigenvalue weighted by Crippen LogP contribution is -2.29. The molecule has 0 spiro atoms. The van der Waals surface area contributed by atoms with Gasteiger partial charge in [0.15, 0.2) is 6.10 Å². The predicted molar refractivity (Wildman–Crippen MR) is 114 cm³/mol. The van der Waals surface area contributed by atoms with Gasteiger partial charge in [0.05, 0.1) is 11.5 Å². The number of ether oxygens (including phenoxy) is 3. The van der Waals surface area contributed by atoms with Gasteiger partial charge in [-0.2, -0.15) is 0 Å². The van der Waals surface area contributed by atoms with E-state index in [1.165, 1.54) is 6.26 Å². The van der Waals surface area contributed by atoms with Gasteiger partial charge in [-0.05, 0) is 50.5 Å². The van der Waals surface area contributed by atoms with Crippen molar-refractivity contribution in [1.29, 1.82) is 0 Å². The van der Waals surface area contributed by atoms with Gasteiger partial charge in [-0.25, -0.2) is 4.79 Å². The fourth-order valence-electron chi connectivity index (χ4n) is 2.88. The highest BCUT2D eigenvalue weighted by molar-refractivity contribution is 5.79. The first-order valence-electron chi connectivity index (χ1n) is 10.1. The average molecular weight is 410 g/mol. The molecule has 0 radical (unpaired) electrons. The highest BCUT2D eigenvalue weighted by Crippen LogP contribution is 2.27. The molecule has 6 nitrogen and oxygen atoms in total. The van der Waals surface area contributed by atoms with Crippen LogP contribution in [0.5, 0.6) is 17.2 Å². The minimum Gasteiger partial charge on any atom is -0.479 e. The van der Waals surface area contributed by atoms with Crippen LogP contribution < -0.4 is 14.9 Å². The average Bonchev–Trinajstić information content (AvgIpc) is 2.75. The van der Waals surface area contributed by atoms with Crippen LogP contribution in [0.4, 0.5) is 0 Å². The quantitative estimate of drug-likeness (QED) is 0.472. The maximum absolute atomic E-state index is 12.8. The zero-order valence-electron chi connectivity index (χ0n) is 17.6. The van der Waals surface area contributed by atoms with Crippen LogP contribution in [0.2, 0.25) is 0 Å². The molecule has 0 N–H and O–H groups in total. The van der Waals surface area contributed by atoms with E-state index in [2.05, 4.69) is 0 Å². The lowest BCUT2D eigenvalue weighted by atomic mass is 10.1. The van der Waals surface area contributed by atoms with E-state index in [0.717, 1.165) is 18.4 Å². The van der Waals surface area contributed by atoms with Crippen LogP contribution in [0.25, 0.3) is 11.0 Å². The molecule has 158 valence electrons. The molecule has 0 aliphatic heterocycles. The third-order valence-corrected chi connectivity index (χ3v) is 4.82. The van der Waals surface area contributed by atoms with Crippen LogP contribution in [-0.4, -0.2) is 18.2 Å². The largest absolute Gasteiger partial charge is 0.479 e. The van der Waals surface area contributed by atoms with Crippen molar-refractivity contribution in [2.24, 2.45) is 0 Å². The van der Waals surface area contributed by atoms with Crippen LogP contribution in [0.1, 0.15) is 39.7 Å². The third kappa shape index (κ3) is 4.82. The molecule has 30 heavy (non-hydrogen) atoms. The minimum absolute atomic E-state index is 0.113. The van der Waals surface area contributed by atoms with Crippen LogP contribution in [0.15, 0.2) is 57.9 Å². The van der Waals surface area contributed by atoms with Crippen molar-refractivity contribution < 1.29 is 23.4 Å². The van der Waals surface area contributed by atoms with Crippen LogP contribution >= 0.6 is 0 Å². The maximum atomic E-state index is 12.8. The number of benzene rings is 2. The second kappa shape index (κ2) is 9.48. The van der Waals surface area contributed by atoms with E-state index in [1.807, 2.05) is 45.0 Å². The molecule has 2 atom stereocenters. The van der Waals surface area contributed by atoms with Gasteiger partial charge in [0.2, 0.25) is 11.2 Å². The van der Waals surface area contributed by atoms with Crippen LogP contribution in [0.3, 0.4) is 0 Å². The number of rotatable bonds is 8. The Morgan fingerprint density at radius 2 is 1.83 bits per heavy atom. The monoisotopic (exact) mass is 410 g/mol. The van der Waals surface area contributed by atoms with E-state index >= 15 is 0 Å². The summed E-state index contributed by atoms with van der Waals surface area (Å²) in [6.07, 6.45) is 1.85. The Balaban J connectivity index is 1.81. The van der Waals surface area contributed by atoms with E-state index < -0.39 is 12.1 Å². The van der Waals surface area contributed by atoms with E-state index in [9.17, 15) is 9.59 Å². The van der Waals surface area contributed by atoms with E-state index in [0.29, 0.717) is 22.5 Å². The number of hydrogen-bond acceptors (Lipinski definition) is 6. The van der Waals surface area contributed by atoms with Crippen molar-refractivity contribution in [3.63, 3.8) is 0 Å². The summed E-state index contributed by atoms with van der Waals surface area (Å²) in [6, 6.07) is 12.4. The fourth-order valence-corrected chi connectivity index (χ4v) is 2.88. The summed E-state index contributed by atoms with van der Waals surface area (Å²) >= 11 is 0. The van der Waals surface area contributed by atoms with Gasteiger partial charge in [0.25, 0.3) is 0 Å². The first kappa shape index (κ1) is 21.4. The normalized spacial score (nSPS) is 12.9. The zero-order valence-corrected chi connectivity index (χ0v) is 17.6. The smallest absolute Gasteiger partial charge is 0.347 e. The van der Waals surface area contributed by atoms with Crippen LogP contribution in [0, 0.1) is 0 Å². The molecule has 0 saturated carbocycles. The van der Waals surface area contributed by atoms with Crippen molar-refractivity contribution in [2.75, 3.05) is 0 Å². The SMILES string of the molecule is CCc1ccccc1Oc1coc2cc(O[C@@H](C)C(=O)O[C@H](C)CC)ccc2c1=O. The van der Waals surface area contributed by atoms with Gasteiger partial charge in [0, 0.05) is 6.07 Å². The van der Waals surface area contributed by atoms with Crippen molar-refractivity contribution in [3.8, 4) is 17.2 Å². The lowest BCUT2D eigenvalue weighted by molar-refractivity contribution is -0.155. The number of esters is 1. The fraction of sp³-hybridized carbons (Fsp3) is 0.333. The number of fused-ring (bicyclic) bond motifs is 1. The summed E-state index contributed by atoms with van der Waals surface area (Å²) in [5.74, 6) is 0.705. The first-order chi connectivity index (χ1) is 14.4. The summed E-state index contributed by atoms with van der Waals surface area (Å²) < 4.78 is 22.4. The summed E-state index contributed by atoms with van der Waals surface area (Å²) in [7, 11) is 0. The molecular formula is C24H26O6. The molecule has 2 aromatic carbocycles. The maximum Gasteiger partial charge on any atom is 0.347 e. The van der Waals surface area contributed by atoms with Crippen molar-refractivity contribution >= 4 is 16.9 Å². The molecule has 3 rings (SSSR count). The molecule has 1 heterocycles. The molecule has 0 aliphatic rings. The molecule has 0 amide bonds. The molecule has 3 aromatic rings. The Hall–Kier alpha value is -3.28. The van der Waals surface area contributed by atoms with E-state index in [4.69, 9.17) is 18.6 Å². The number of hydrogen-bond donors (Lipinski definition) is 0. The van der Waals surface area contributed by atoms with Gasteiger partial charge in [-0.1, -0.05) is 32.0 Å². The summed E-state index contributed by atoms with van der Waals surface area (Å²) in [4.78, 5) is 24.9. The standard InChI is InChI=1S/C24H26O6/c1-5-15(3)28-24(26)16(4)29-18-11-12-19-21(13-18)27-14-22(23(19)25)30-20-10-8-7-9-17(20)6-2/h7-16H,5-6H2,1-4H3/t15-,16+/m1/s1. The van der Waals surface area contributed by atoms with Gasteiger partial charge >= 0.3 is 5.97 Å². The predicted octanol–water partition coefficient (Wildman–Crippen LogP) is 5.26. The van der Waals surface area contributed by atoms with Crippen LogP contribution in [-0.2, 0) is 16.0 Å². The molecule has 0 aliphatic carbocycles. The zero-order chi connectivity index (χ0) is 21.7. The van der Waals surface area contributed by atoms with E-state index in [1.54, 1.807) is 25.1 Å². The van der Waals surface area contributed by atoms with Gasteiger partial charge in [-0.15, -0.1) is 0 Å². The molecule has 1 aromatic heterocycles. The second-order valence-corrected chi connectivity index (χ2v) is 7.07. The molecule has 0 fully saturated rings. The summed E-state index contributed by atoms with van der Waals surface area (Å²) in [5, 5.41) is 0.365. The summed E-state index contributed by atoms with van der Waals surface area (Å²) in [5.41, 5.74) is 1.06. The molecular weight excluding hydrogens is 384 g/mol. The number of carbonyl (C=O) groups excluding carboxylic acids is 1. The van der Waals surface area contributed by atoms with Crippen molar-refractivity contribution in [1.82, 2.24) is 0 Å². The Morgan fingerprint density at radius 1 is 1.07 bits per heavy atom. The van der Waals surface area contributed by atoms with Crippen molar-refractivity contribution in [2.45, 2.75) is 52.7 Å². The molecule has 0 saturated heterocycles. The number of aryl methyl sites for hydroxylation is 1. The van der Waals surface area contributed by atoms with Crippen molar-refractivity contribution in [3.05, 3.63) is 64.5 Å². The highest BCUT2D eigenvalue weighted by atomic mass is 16.6. The first-order valence-corrected chi connectivity index (χ1v) is 10.1. The molecule has 6 heteroatoms. The lowest BCUT2D eigenvalue weighted by Gasteiger charge is -2.17. The number of para-hydroxylation sites is 1. The topological polar surface area (TPSA) is 75.0 Å². The third-order valence-electron chi connectivity index (χ3n) is 4.82. The second-order valence-electron chi connectivity index (χ2n) is 7.07. The molecule has 0 unspecified atom stereocenters. The Kier molecular flexibility index (Phi) is 6.77. The Bertz CT molecular complexity index is 1080. The Labute approximate surface area is 175 Å². The van der Waals surface area contributed by atoms with Gasteiger partial charge in [-0.3, -0.25) is 4.79 Å². The Morgan fingerprint density at radius 3 is 2.57 bits per heavy atom. The number of carbonyl (C=O) groups is 1. The highest BCUT2D eigenvalue weighted by Gasteiger charge is 2.19. The van der Waals surface area contributed by atoms with Gasteiger partial charge < -0.3 is 18.6 Å². The molecule has 0 bridgehead atoms. The van der Waals surface area contributed by atoms with E-state index in [-0.39, 0.29) is 17.3 Å². The minimum atomic E-state index is -0.781.